The number of nitrogens with zero attached hydrogens (tertiary/aromatic N) is 1. The number of hydrogen-bond donors (Lipinski definition) is 0. The Morgan fingerprint density at radius 2 is 1.91 bits per heavy atom. The zero-order valence-electron chi connectivity index (χ0n) is 12.7. The Labute approximate surface area is 133 Å². The van der Waals surface area contributed by atoms with Crippen molar-refractivity contribution in [3.05, 3.63) is 72.3 Å². The average molecular weight is 305 g/mol. The molecule has 0 aliphatic rings. The first kappa shape index (κ1) is 13.6. The first-order valence-corrected chi connectivity index (χ1v) is 7.41. The lowest BCUT2D eigenvalue weighted by Gasteiger charge is -2.04. The van der Waals surface area contributed by atoms with Gasteiger partial charge < -0.3 is 13.6 Å². The predicted molar refractivity (Wildman–Crippen MR) is 87.2 cm³/mol. The topological polar surface area (TPSA) is 48.4 Å². The Morgan fingerprint density at radius 1 is 1.04 bits per heavy atom. The summed E-state index contributed by atoms with van der Waals surface area (Å²) in [5.41, 5.74) is 2.56. The van der Waals surface area contributed by atoms with Gasteiger partial charge in [0, 0.05) is 17.0 Å². The van der Waals surface area contributed by atoms with Gasteiger partial charge in [0.2, 0.25) is 5.89 Å². The largest absolute Gasteiger partial charge is 0.487 e. The minimum absolute atomic E-state index is 0.356. The van der Waals surface area contributed by atoms with E-state index in [4.69, 9.17) is 13.6 Å². The van der Waals surface area contributed by atoms with Gasteiger partial charge >= 0.3 is 0 Å². The summed E-state index contributed by atoms with van der Waals surface area (Å²) in [7, 11) is 0. The second-order valence-electron chi connectivity index (χ2n) is 5.30. The minimum atomic E-state index is 0.356. The highest BCUT2D eigenvalue weighted by atomic mass is 16.5. The summed E-state index contributed by atoms with van der Waals surface area (Å²) in [6.45, 7) is 2.25. The number of hydrogen-bond acceptors (Lipinski definition) is 4. The van der Waals surface area contributed by atoms with Crippen LogP contribution in [-0.2, 0) is 6.61 Å². The van der Waals surface area contributed by atoms with Gasteiger partial charge in [-0.3, -0.25) is 0 Å². The molecule has 0 atom stereocenters. The quantitative estimate of drug-likeness (QED) is 0.534. The van der Waals surface area contributed by atoms with Crippen LogP contribution in [0.15, 0.2) is 69.7 Å². The highest BCUT2D eigenvalue weighted by Gasteiger charge is 2.12. The molecular weight excluding hydrogens is 290 g/mol. The van der Waals surface area contributed by atoms with Crippen LogP contribution in [0.1, 0.15) is 11.5 Å². The van der Waals surface area contributed by atoms with Crippen LogP contribution in [0.2, 0.25) is 0 Å². The number of benzene rings is 2. The Bertz CT molecular complexity index is 938. The third-order valence-electron chi connectivity index (χ3n) is 3.72. The lowest BCUT2D eigenvalue weighted by molar-refractivity contribution is 0.299. The molecule has 0 saturated heterocycles. The third kappa shape index (κ3) is 2.71. The molecule has 0 saturated carbocycles. The standard InChI is InChI=1S/C19H15NO3/c1-13-17(20-19(23-13)15-5-3-2-4-6-15)12-22-16-8-7-14-9-10-21-18(14)11-16/h2-11H,12H2,1H3. The molecule has 0 amide bonds. The summed E-state index contributed by atoms with van der Waals surface area (Å²) in [5.74, 6) is 2.13. The number of ether oxygens (including phenoxy) is 1. The Hall–Kier alpha value is -3.01. The van der Waals surface area contributed by atoms with Crippen molar-refractivity contribution in [1.29, 1.82) is 0 Å². The average Bonchev–Trinajstić information content (AvgIpc) is 3.19. The van der Waals surface area contributed by atoms with Crippen molar-refractivity contribution >= 4 is 11.0 Å². The SMILES string of the molecule is Cc1oc(-c2ccccc2)nc1COc1ccc2ccoc2c1. The van der Waals surface area contributed by atoms with Crippen LogP contribution in [0.5, 0.6) is 5.75 Å². The Balaban J connectivity index is 1.53. The maximum atomic E-state index is 5.82. The summed E-state index contributed by atoms with van der Waals surface area (Å²) in [4.78, 5) is 4.53. The van der Waals surface area contributed by atoms with Crippen LogP contribution in [-0.4, -0.2) is 4.98 Å². The summed E-state index contributed by atoms with van der Waals surface area (Å²) in [6.07, 6.45) is 1.67. The number of rotatable bonds is 4. The van der Waals surface area contributed by atoms with E-state index in [0.29, 0.717) is 12.5 Å². The predicted octanol–water partition coefficient (Wildman–Crippen LogP) is 4.98. The molecule has 0 spiro atoms. The van der Waals surface area contributed by atoms with Crippen molar-refractivity contribution in [3.63, 3.8) is 0 Å². The summed E-state index contributed by atoms with van der Waals surface area (Å²) in [6, 6.07) is 17.5. The highest BCUT2D eigenvalue weighted by Crippen LogP contribution is 2.24. The van der Waals surface area contributed by atoms with Gasteiger partial charge in [-0.1, -0.05) is 18.2 Å². The molecule has 0 radical (unpaired) electrons. The van der Waals surface area contributed by atoms with Crippen molar-refractivity contribution in [2.75, 3.05) is 0 Å². The molecule has 4 nitrogen and oxygen atoms in total. The van der Waals surface area contributed by atoms with Crippen molar-refractivity contribution in [2.45, 2.75) is 13.5 Å². The molecule has 114 valence electrons. The lowest BCUT2D eigenvalue weighted by atomic mass is 10.2. The molecule has 0 bridgehead atoms. The molecule has 4 heteroatoms. The monoisotopic (exact) mass is 305 g/mol. The molecule has 0 aliphatic carbocycles. The van der Waals surface area contributed by atoms with Crippen LogP contribution in [0.3, 0.4) is 0 Å². The van der Waals surface area contributed by atoms with E-state index in [9.17, 15) is 0 Å². The molecule has 4 aromatic rings. The van der Waals surface area contributed by atoms with Gasteiger partial charge in [0.1, 0.15) is 29.4 Å². The van der Waals surface area contributed by atoms with Gasteiger partial charge in [0.25, 0.3) is 0 Å². The number of oxazole rings is 1. The molecule has 0 aliphatic heterocycles. The minimum Gasteiger partial charge on any atom is -0.487 e. The smallest absolute Gasteiger partial charge is 0.226 e. The molecule has 0 unspecified atom stereocenters. The number of fused-ring (bicyclic) bond motifs is 1. The van der Waals surface area contributed by atoms with Gasteiger partial charge in [0.05, 0.1) is 6.26 Å². The fourth-order valence-corrected chi connectivity index (χ4v) is 2.44. The van der Waals surface area contributed by atoms with Crippen molar-refractivity contribution < 1.29 is 13.6 Å². The second kappa shape index (κ2) is 5.65. The van der Waals surface area contributed by atoms with Gasteiger partial charge in [0.15, 0.2) is 0 Å². The Morgan fingerprint density at radius 3 is 2.78 bits per heavy atom. The van der Waals surface area contributed by atoms with Crippen molar-refractivity contribution in [3.8, 4) is 17.2 Å². The molecular formula is C19H15NO3. The fraction of sp³-hybridized carbons (Fsp3) is 0.105. The summed E-state index contributed by atoms with van der Waals surface area (Å²) in [5, 5.41) is 1.06. The van der Waals surface area contributed by atoms with Crippen LogP contribution in [0.25, 0.3) is 22.4 Å². The van der Waals surface area contributed by atoms with Gasteiger partial charge in [-0.25, -0.2) is 4.98 Å². The van der Waals surface area contributed by atoms with E-state index in [1.165, 1.54) is 0 Å². The van der Waals surface area contributed by atoms with Crippen LogP contribution >= 0.6 is 0 Å². The van der Waals surface area contributed by atoms with E-state index in [1.807, 2.05) is 61.5 Å². The summed E-state index contributed by atoms with van der Waals surface area (Å²) >= 11 is 0. The molecule has 2 aromatic carbocycles. The molecule has 2 heterocycles. The van der Waals surface area contributed by atoms with Crippen LogP contribution in [0, 0.1) is 6.92 Å². The maximum absolute atomic E-state index is 5.82. The fourth-order valence-electron chi connectivity index (χ4n) is 2.44. The zero-order chi connectivity index (χ0) is 15.6. The van der Waals surface area contributed by atoms with Crippen molar-refractivity contribution in [1.82, 2.24) is 4.98 Å². The van der Waals surface area contributed by atoms with E-state index < -0.39 is 0 Å². The maximum Gasteiger partial charge on any atom is 0.226 e. The van der Waals surface area contributed by atoms with Gasteiger partial charge in [-0.15, -0.1) is 0 Å². The molecule has 0 fully saturated rings. The van der Waals surface area contributed by atoms with E-state index in [-0.39, 0.29) is 0 Å². The third-order valence-corrected chi connectivity index (χ3v) is 3.72. The van der Waals surface area contributed by atoms with E-state index in [2.05, 4.69) is 4.98 Å². The van der Waals surface area contributed by atoms with Crippen LogP contribution in [0.4, 0.5) is 0 Å². The normalized spacial score (nSPS) is 11.0. The van der Waals surface area contributed by atoms with E-state index in [1.54, 1.807) is 6.26 Å². The first-order valence-electron chi connectivity index (χ1n) is 7.41. The second-order valence-corrected chi connectivity index (χ2v) is 5.30. The molecule has 2 aromatic heterocycles. The van der Waals surface area contributed by atoms with Crippen molar-refractivity contribution in [2.24, 2.45) is 0 Å². The Kier molecular flexibility index (Phi) is 3.35. The highest BCUT2D eigenvalue weighted by molar-refractivity contribution is 5.78. The van der Waals surface area contributed by atoms with Crippen LogP contribution < -0.4 is 4.74 Å². The van der Waals surface area contributed by atoms with E-state index in [0.717, 1.165) is 33.7 Å². The number of furan rings is 1. The van der Waals surface area contributed by atoms with Gasteiger partial charge in [-0.05, 0) is 37.3 Å². The first-order chi connectivity index (χ1) is 11.3. The summed E-state index contributed by atoms with van der Waals surface area (Å²) < 4.78 is 16.9. The molecule has 23 heavy (non-hydrogen) atoms. The van der Waals surface area contributed by atoms with Gasteiger partial charge in [-0.2, -0.15) is 0 Å². The van der Waals surface area contributed by atoms with E-state index >= 15 is 0 Å². The molecule has 0 N–H and O–H groups in total. The zero-order valence-corrected chi connectivity index (χ0v) is 12.7. The lowest BCUT2D eigenvalue weighted by Crippen LogP contribution is -1.97. The number of aromatic nitrogens is 1. The molecule has 4 rings (SSSR count). The number of aryl methyl sites for hydroxylation is 1.